The lowest BCUT2D eigenvalue weighted by molar-refractivity contribution is 0.0526. The van der Waals surface area contributed by atoms with E-state index in [0.29, 0.717) is 83.1 Å². The van der Waals surface area contributed by atoms with Gasteiger partial charge in [-0.25, -0.2) is 19.7 Å². The van der Waals surface area contributed by atoms with Gasteiger partial charge in [-0.2, -0.15) is 0 Å². The van der Waals surface area contributed by atoms with Crippen molar-refractivity contribution in [3.05, 3.63) is 160 Å². The number of amides is 1. The van der Waals surface area contributed by atoms with Crippen molar-refractivity contribution < 1.29 is 41.9 Å². The number of carbonyl (C=O) groups is 1. The third kappa shape index (κ3) is 22.4. The van der Waals surface area contributed by atoms with Crippen molar-refractivity contribution in [2.45, 2.75) is 92.1 Å². The molecular formula is C69H86N7O9P3. The van der Waals surface area contributed by atoms with E-state index < -0.39 is 35.4 Å². The molecule has 1 amide bonds. The summed E-state index contributed by atoms with van der Waals surface area (Å²) >= 11 is 0. The van der Waals surface area contributed by atoms with Crippen LogP contribution in [0.25, 0.3) is 0 Å². The van der Waals surface area contributed by atoms with Crippen LogP contribution < -0.4 is 35.8 Å². The first-order chi connectivity index (χ1) is 42.3. The fourth-order valence-electron chi connectivity index (χ4n) is 9.81. The van der Waals surface area contributed by atoms with E-state index in [4.69, 9.17) is 47.5 Å². The maximum absolute atomic E-state index is 14.3. The van der Waals surface area contributed by atoms with Gasteiger partial charge in [0, 0.05) is 118 Å². The summed E-state index contributed by atoms with van der Waals surface area (Å²) < 4.78 is 54.5. The van der Waals surface area contributed by atoms with E-state index >= 15 is 0 Å². The van der Waals surface area contributed by atoms with E-state index in [1.54, 1.807) is 34.1 Å². The summed E-state index contributed by atoms with van der Waals surface area (Å²) in [5, 5.41) is 2.98. The predicted octanol–water partition coefficient (Wildman–Crippen LogP) is 10.9. The van der Waals surface area contributed by atoms with Crippen molar-refractivity contribution in [3.63, 3.8) is 0 Å². The van der Waals surface area contributed by atoms with E-state index in [1.807, 2.05) is 120 Å². The first kappa shape index (κ1) is 68.8. The van der Waals surface area contributed by atoms with Crippen molar-refractivity contribution in [2.75, 3.05) is 100 Å². The van der Waals surface area contributed by atoms with Gasteiger partial charge >= 0.3 is 6.09 Å². The number of hydrogen-bond donors (Lipinski definition) is 1. The highest BCUT2D eigenvalue weighted by atomic mass is 31.2. The molecule has 0 saturated carbocycles. The first-order valence-corrected chi connectivity index (χ1v) is 35.5. The molecule has 1 saturated heterocycles. The lowest BCUT2D eigenvalue weighted by atomic mass is 10.1. The van der Waals surface area contributed by atoms with Gasteiger partial charge in [-0.15, -0.1) is 0 Å². The number of benzene rings is 3. The molecule has 4 heterocycles. The number of hydrogen-bond acceptors (Lipinski definition) is 15. The summed E-state index contributed by atoms with van der Waals surface area (Å²) in [4.78, 5) is 36.1. The zero-order chi connectivity index (χ0) is 63.1. The highest BCUT2D eigenvalue weighted by Gasteiger charge is 2.28. The maximum Gasteiger partial charge on any atom is 0.407 e. The van der Waals surface area contributed by atoms with Gasteiger partial charge in [-0.3, -0.25) is 19.3 Å². The number of aromatic nitrogens is 3. The van der Waals surface area contributed by atoms with Crippen LogP contribution in [0.5, 0.6) is 17.2 Å². The average Bonchev–Trinajstić information content (AvgIpc) is 3.24. The smallest absolute Gasteiger partial charge is 0.407 e. The van der Waals surface area contributed by atoms with Crippen LogP contribution in [-0.4, -0.2) is 148 Å². The van der Waals surface area contributed by atoms with E-state index in [9.17, 15) is 9.36 Å². The summed E-state index contributed by atoms with van der Waals surface area (Å²) in [6.07, 6.45) is 1.96. The molecule has 7 rings (SSSR count). The second-order valence-corrected chi connectivity index (χ2v) is 28.0. The van der Waals surface area contributed by atoms with Crippen LogP contribution in [0.1, 0.15) is 111 Å². The normalized spacial score (nSPS) is 15.4. The number of carbonyl (C=O) groups excluding carboxylic acids is 1. The topological polar surface area (TPSA) is 159 Å². The Hall–Kier alpha value is -6.69. The van der Waals surface area contributed by atoms with Crippen LogP contribution in [-0.2, 0) is 42.5 Å². The summed E-state index contributed by atoms with van der Waals surface area (Å²) in [5.74, 6) is 22.6. The molecule has 4 atom stereocenters. The zero-order valence-electron chi connectivity index (χ0n) is 53.3. The summed E-state index contributed by atoms with van der Waals surface area (Å²) in [6.45, 7) is 24.0. The number of pyridine rings is 3. The molecule has 0 spiro atoms. The van der Waals surface area contributed by atoms with Crippen LogP contribution in [0.3, 0.4) is 0 Å². The monoisotopic (exact) mass is 1250 g/mol. The molecule has 16 nitrogen and oxygen atoms in total. The Morgan fingerprint density at radius 3 is 1.48 bits per heavy atom. The molecule has 1 aliphatic rings. The Morgan fingerprint density at radius 1 is 0.580 bits per heavy atom. The molecule has 0 bridgehead atoms. The second-order valence-electron chi connectivity index (χ2n) is 22.2. The van der Waals surface area contributed by atoms with Gasteiger partial charge in [0.15, 0.2) is 0 Å². The molecule has 1 aliphatic heterocycles. The standard InChI is InChI=1S/C69H86N7O9P3/c1-13-82-86(10)65-45-55(22-19-52-25-31-62(79-7)32-26-52)42-58(71-65)49-75-39-38-74(48-59-44-57(47-67(73-59)88(12,78)84-15-3)24-21-54-29-35-64(81-9)36-30-54)40-41-76(61(51-75)18-16-17-37-70-68(77)85-69(4,5)6)50-60-43-56(46-66(72-60)87(11)83-14-2)23-20-53-27-33-63(80-8)34-28-53/h25-36,42-47,61H,13-18,37-41,48-51H2,1-12H3,(H,70,77)/t61-,86?,87?,88?/m0/s1. The minimum atomic E-state index is -3.33. The van der Waals surface area contributed by atoms with E-state index in [2.05, 4.69) is 93.1 Å². The molecule has 0 aliphatic carbocycles. The second kappa shape index (κ2) is 34.3. The molecule has 3 unspecified atom stereocenters. The third-order valence-corrected chi connectivity index (χ3v) is 19.0. The van der Waals surface area contributed by atoms with E-state index in [0.717, 1.165) is 92.3 Å². The number of ether oxygens (including phenoxy) is 4. The van der Waals surface area contributed by atoms with Gasteiger partial charge < -0.3 is 37.8 Å². The Kier molecular flexibility index (Phi) is 26.8. The van der Waals surface area contributed by atoms with Crippen LogP contribution >= 0.6 is 23.7 Å². The minimum absolute atomic E-state index is 0.0125. The lowest BCUT2D eigenvalue weighted by Crippen LogP contribution is -2.45. The molecule has 466 valence electrons. The molecule has 6 aromatic rings. The highest BCUT2D eigenvalue weighted by molar-refractivity contribution is 7.66. The van der Waals surface area contributed by atoms with E-state index in [1.165, 1.54) is 0 Å². The molecular weight excluding hydrogens is 1160 g/mol. The van der Waals surface area contributed by atoms with Crippen molar-refractivity contribution >= 4 is 46.1 Å². The average molecular weight is 1250 g/mol. The molecule has 3 aromatic carbocycles. The van der Waals surface area contributed by atoms with Crippen molar-refractivity contribution in [3.8, 4) is 52.8 Å². The van der Waals surface area contributed by atoms with Crippen molar-refractivity contribution in [1.29, 1.82) is 0 Å². The SMILES string of the molecule is CCOP(C)c1cc(C#Cc2ccc(OC)cc2)cc(CN2CCN(Cc3cc(C#Cc4ccc(OC)cc4)cc(P(C)(=O)OCC)n3)CCN(Cc3cc(C#Cc4ccc(OC)cc4)cc(P(C)OCC)n3)[C@@H](CCCCNC(=O)OC(C)(C)C)C2)n1. The van der Waals surface area contributed by atoms with Gasteiger partial charge in [0.2, 0.25) is 7.37 Å². The van der Waals surface area contributed by atoms with Crippen LogP contribution in [0.2, 0.25) is 0 Å². The number of unbranched alkanes of at least 4 members (excludes halogenated alkanes) is 1. The Balaban J connectivity index is 1.32. The Bertz CT molecular complexity index is 3480. The van der Waals surface area contributed by atoms with Crippen LogP contribution in [0.4, 0.5) is 4.79 Å². The van der Waals surface area contributed by atoms with Gasteiger partial charge in [0.1, 0.15) is 28.3 Å². The molecule has 19 heteroatoms. The fourth-order valence-corrected chi connectivity index (χ4v) is 13.3. The number of rotatable bonds is 23. The quantitative estimate of drug-likeness (QED) is 0.0367. The Morgan fingerprint density at radius 2 is 1.01 bits per heavy atom. The molecule has 3 aromatic heterocycles. The van der Waals surface area contributed by atoms with Gasteiger partial charge in [0.25, 0.3) is 0 Å². The fraction of sp³-hybridized carbons (Fsp3) is 0.420. The summed E-state index contributed by atoms with van der Waals surface area (Å²) in [5.41, 5.74) is 8.92. The van der Waals surface area contributed by atoms with Crippen LogP contribution in [0.15, 0.2) is 109 Å². The van der Waals surface area contributed by atoms with E-state index in [-0.39, 0.29) is 12.6 Å². The Labute approximate surface area is 525 Å². The third-order valence-electron chi connectivity index (χ3n) is 14.2. The molecule has 0 radical (unpaired) electrons. The van der Waals surface area contributed by atoms with Crippen molar-refractivity contribution in [2.24, 2.45) is 0 Å². The van der Waals surface area contributed by atoms with Gasteiger partial charge in [0.05, 0.1) is 72.2 Å². The zero-order valence-corrected chi connectivity index (χ0v) is 56.0. The minimum Gasteiger partial charge on any atom is -0.497 e. The van der Waals surface area contributed by atoms with Crippen LogP contribution in [0, 0.1) is 35.5 Å². The number of nitrogens with zero attached hydrogens (tertiary/aromatic N) is 6. The van der Waals surface area contributed by atoms with Gasteiger partial charge in [-0.05, 0) is 177 Å². The number of alkyl carbamates (subject to hydrolysis) is 1. The van der Waals surface area contributed by atoms with Crippen molar-refractivity contribution in [1.82, 2.24) is 35.0 Å². The summed E-state index contributed by atoms with van der Waals surface area (Å²) in [7, 11) is -0.469. The molecule has 1 N–H and O–H groups in total. The summed E-state index contributed by atoms with van der Waals surface area (Å²) in [6, 6.07) is 35.2. The maximum atomic E-state index is 14.3. The highest BCUT2D eigenvalue weighted by Crippen LogP contribution is 2.40. The largest absolute Gasteiger partial charge is 0.497 e. The predicted molar refractivity (Wildman–Crippen MR) is 355 cm³/mol. The number of nitrogens with one attached hydrogen (secondary N) is 1. The lowest BCUT2D eigenvalue weighted by Gasteiger charge is -2.35. The molecule has 1 fully saturated rings. The number of methoxy groups -OCH3 is 3. The molecule has 88 heavy (non-hydrogen) atoms. The van der Waals surface area contributed by atoms with Gasteiger partial charge in [-0.1, -0.05) is 41.9 Å². The first-order valence-electron chi connectivity index (χ1n) is 30.0.